The lowest BCUT2D eigenvalue weighted by Crippen LogP contribution is -2.23. The van der Waals surface area contributed by atoms with E-state index < -0.39 is 0 Å². The highest BCUT2D eigenvalue weighted by Gasteiger charge is 2.15. The minimum Gasteiger partial charge on any atom is -0.494 e. The molecule has 0 N–H and O–H groups in total. The van der Waals surface area contributed by atoms with Gasteiger partial charge in [-0.2, -0.15) is 14.6 Å². The Bertz CT molecular complexity index is 1970. The Morgan fingerprint density at radius 2 is 1.76 bits per heavy atom. The van der Waals surface area contributed by atoms with Gasteiger partial charge in [0.25, 0.3) is 5.56 Å². The van der Waals surface area contributed by atoms with E-state index in [9.17, 15) is 4.79 Å². The van der Waals surface area contributed by atoms with Gasteiger partial charge in [-0.25, -0.2) is 4.68 Å². The van der Waals surface area contributed by atoms with Crippen LogP contribution in [0, 0.1) is 13.8 Å². The largest absolute Gasteiger partial charge is 0.494 e. The fourth-order valence-corrected chi connectivity index (χ4v) is 5.44. The lowest BCUT2D eigenvalue weighted by Gasteiger charge is -2.05. The standard InChI is InChI=1S/C33H29N5O2S/c1-4-18-40-27-15-12-24(13-16-27)14-17-30-34-33-38(35-30)32(39)29(41-33)20-25-21-37(26-8-6-5-7-9-26)36-31(25)28-19-22(2)10-11-23(28)3/h5-17,19-21H,4,18H2,1-3H3/b17-14+,29-20-. The zero-order chi connectivity index (χ0) is 28.3. The van der Waals surface area contributed by atoms with Crippen molar-refractivity contribution >= 4 is 34.5 Å². The second-order valence-electron chi connectivity index (χ2n) is 9.86. The molecule has 7 nitrogen and oxygen atoms in total. The second-order valence-corrected chi connectivity index (χ2v) is 10.9. The van der Waals surface area contributed by atoms with Gasteiger partial charge in [-0.1, -0.05) is 72.4 Å². The molecule has 0 fully saturated rings. The van der Waals surface area contributed by atoms with E-state index in [4.69, 9.17) is 9.84 Å². The Balaban J connectivity index is 1.35. The van der Waals surface area contributed by atoms with Gasteiger partial charge in [-0.15, -0.1) is 5.10 Å². The van der Waals surface area contributed by atoms with E-state index in [0.29, 0.717) is 21.9 Å². The normalized spacial score (nSPS) is 12.1. The molecular formula is C33H29N5O2S. The summed E-state index contributed by atoms with van der Waals surface area (Å²) in [7, 11) is 0. The molecule has 41 heavy (non-hydrogen) atoms. The zero-order valence-corrected chi connectivity index (χ0v) is 23.9. The molecule has 6 rings (SSSR count). The van der Waals surface area contributed by atoms with E-state index >= 15 is 0 Å². The third-order valence-corrected chi connectivity index (χ3v) is 7.63. The lowest BCUT2D eigenvalue weighted by molar-refractivity contribution is 0.317. The molecule has 0 radical (unpaired) electrons. The summed E-state index contributed by atoms with van der Waals surface area (Å²) in [6.07, 6.45) is 8.57. The minimum atomic E-state index is -0.200. The maximum Gasteiger partial charge on any atom is 0.291 e. The van der Waals surface area contributed by atoms with Crippen molar-refractivity contribution in [2.45, 2.75) is 27.2 Å². The van der Waals surface area contributed by atoms with Gasteiger partial charge in [0, 0.05) is 17.3 Å². The van der Waals surface area contributed by atoms with Crippen LogP contribution in [0.3, 0.4) is 0 Å². The highest BCUT2D eigenvalue weighted by atomic mass is 32.1. The predicted molar refractivity (Wildman–Crippen MR) is 166 cm³/mol. The second kappa shape index (κ2) is 11.3. The van der Waals surface area contributed by atoms with Crippen molar-refractivity contribution in [3.8, 4) is 22.7 Å². The molecule has 0 saturated heterocycles. The van der Waals surface area contributed by atoms with E-state index in [2.05, 4.69) is 49.1 Å². The molecule has 3 heterocycles. The first kappa shape index (κ1) is 26.4. The number of para-hydroxylation sites is 1. The van der Waals surface area contributed by atoms with Crippen molar-refractivity contribution in [2.24, 2.45) is 0 Å². The first-order valence-electron chi connectivity index (χ1n) is 13.5. The molecule has 6 aromatic rings. The van der Waals surface area contributed by atoms with E-state index in [1.165, 1.54) is 15.9 Å². The molecule has 0 spiro atoms. The summed E-state index contributed by atoms with van der Waals surface area (Å²) in [5.74, 6) is 1.33. The van der Waals surface area contributed by atoms with Gasteiger partial charge in [-0.05, 0) is 73.9 Å². The van der Waals surface area contributed by atoms with Crippen LogP contribution in [0.2, 0.25) is 0 Å². The number of nitrogens with zero attached hydrogens (tertiary/aromatic N) is 5. The highest BCUT2D eigenvalue weighted by Crippen LogP contribution is 2.28. The zero-order valence-electron chi connectivity index (χ0n) is 23.1. The molecule has 3 aromatic carbocycles. The summed E-state index contributed by atoms with van der Waals surface area (Å²) in [5, 5.41) is 9.40. The van der Waals surface area contributed by atoms with Crippen LogP contribution in [0.5, 0.6) is 5.75 Å². The average molecular weight is 560 g/mol. The SMILES string of the molecule is CCCOc1ccc(/C=C/c2nc3s/c(=C\c4cn(-c5ccccc5)nc4-c4cc(C)ccc4C)c(=O)n3n2)cc1. The van der Waals surface area contributed by atoms with Gasteiger partial charge >= 0.3 is 0 Å². The Morgan fingerprint density at radius 1 is 0.951 bits per heavy atom. The van der Waals surface area contributed by atoms with E-state index in [1.54, 1.807) is 0 Å². The lowest BCUT2D eigenvalue weighted by atomic mass is 10.0. The van der Waals surface area contributed by atoms with Crippen molar-refractivity contribution in [2.75, 3.05) is 6.61 Å². The summed E-state index contributed by atoms with van der Waals surface area (Å²) in [6.45, 7) is 6.92. The van der Waals surface area contributed by atoms with Crippen LogP contribution < -0.4 is 14.8 Å². The molecule has 204 valence electrons. The number of hydrogen-bond acceptors (Lipinski definition) is 6. The van der Waals surface area contributed by atoms with Crippen molar-refractivity contribution < 1.29 is 4.74 Å². The van der Waals surface area contributed by atoms with E-state index in [-0.39, 0.29) is 5.56 Å². The smallest absolute Gasteiger partial charge is 0.291 e. The van der Waals surface area contributed by atoms with Crippen molar-refractivity contribution in [3.63, 3.8) is 0 Å². The third-order valence-electron chi connectivity index (χ3n) is 6.67. The van der Waals surface area contributed by atoms with Crippen LogP contribution in [0.15, 0.2) is 83.8 Å². The van der Waals surface area contributed by atoms with Crippen molar-refractivity contribution in [3.05, 3.63) is 122 Å². The Kier molecular flexibility index (Phi) is 7.31. The van der Waals surface area contributed by atoms with E-state index in [0.717, 1.165) is 51.4 Å². The molecule has 0 aliphatic rings. The molecule has 0 atom stereocenters. The maximum atomic E-state index is 13.4. The van der Waals surface area contributed by atoms with Crippen LogP contribution in [-0.4, -0.2) is 31.0 Å². The summed E-state index contributed by atoms with van der Waals surface area (Å²) >= 11 is 1.32. The van der Waals surface area contributed by atoms with Crippen LogP contribution in [0.1, 0.15) is 41.4 Å². The molecule has 8 heteroatoms. The van der Waals surface area contributed by atoms with Gasteiger partial charge in [0.15, 0.2) is 5.82 Å². The number of ether oxygens (including phenoxy) is 1. The summed E-state index contributed by atoms with van der Waals surface area (Å²) in [6, 6.07) is 24.1. The molecular weight excluding hydrogens is 530 g/mol. The summed E-state index contributed by atoms with van der Waals surface area (Å²) in [5.41, 5.74) is 6.73. The van der Waals surface area contributed by atoms with Crippen LogP contribution in [-0.2, 0) is 0 Å². The number of aryl methyl sites for hydroxylation is 2. The molecule has 0 aliphatic carbocycles. The number of rotatable bonds is 8. The molecule has 0 saturated carbocycles. The minimum absolute atomic E-state index is 0.200. The molecule has 0 amide bonds. The fraction of sp³-hybridized carbons (Fsp3) is 0.152. The topological polar surface area (TPSA) is 74.3 Å². The van der Waals surface area contributed by atoms with Gasteiger partial charge in [0.2, 0.25) is 4.96 Å². The maximum absolute atomic E-state index is 13.4. The van der Waals surface area contributed by atoms with E-state index in [1.807, 2.05) is 83.7 Å². The number of aromatic nitrogens is 5. The molecule has 0 unspecified atom stereocenters. The predicted octanol–water partition coefficient (Wildman–Crippen LogP) is 6.13. The monoisotopic (exact) mass is 559 g/mol. The van der Waals surface area contributed by atoms with Crippen LogP contribution in [0.25, 0.3) is 40.1 Å². The third kappa shape index (κ3) is 5.60. The molecule has 0 bridgehead atoms. The van der Waals surface area contributed by atoms with Crippen LogP contribution >= 0.6 is 11.3 Å². The molecule has 0 aliphatic heterocycles. The molecule has 3 aromatic heterocycles. The number of benzene rings is 3. The Hall–Kier alpha value is -4.82. The van der Waals surface area contributed by atoms with Crippen LogP contribution in [0.4, 0.5) is 0 Å². The van der Waals surface area contributed by atoms with Gasteiger partial charge in [-0.3, -0.25) is 4.79 Å². The number of thiazole rings is 1. The first-order chi connectivity index (χ1) is 20.0. The number of fused-ring (bicyclic) bond motifs is 1. The van der Waals surface area contributed by atoms with Crippen molar-refractivity contribution in [1.29, 1.82) is 0 Å². The summed E-state index contributed by atoms with van der Waals surface area (Å²) < 4.78 is 9.42. The van der Waals surface area contributed by atoms with Gasteiger partial charge in [0.1, 0.15) is 11.4 Å². The van der Waals surface area contributed by atoms with Gasteiger partial charge in [0.05, 0.1) is 16.8 Å². The van der Waals surface area contributed by atoms with Crippen molar-refractivity contribution in [1.82, 2.24) is 24.4 Å². The fourth-order valence-electron chi connectivity index (χ4n) is 4.53. The Morgan fingerprint density at radius 3 is 2.51 bits per heavy atom. The highest BCUT2D eigenvalue weighted by molar-refractivity contribution is 7.15. The number of hydrogen-bond donors (Lipinski definition) is 0. The average Bonchev–Trinajstić information content (AvgIpc) is 3.68. The van der Waals surface area contributed by atoms with Gasteiger partial charge < -0.3 is 4.74 Å². The summed E-state index contributed by atoms with van der Waals surface area (Å²) in [4.78, 5) is 18.5. The first-order valence-corrected chi connectivity index (χ1v) is 14.3. The quantitative estimate of drug-likeness (QED) is 0.224. The Labute approximate surface area is 241 Å².